The quantitative estimate of drug-likeness (QED) is 0.599. The molecular weight excluding hydrogens is 356 g/mol. The molecule has 0 bridgehead atoms. The van der Waals surface area contributed by atoms with E-state index in [4.69, 9.17) is 0 Å². The molecule has 144 valence electrons. The van der Waals surface area contributed by atoms with Gasteiger partial charge in [-0.05, 0) is 36.6 Å². The Hall–Kier alpha value is -3.26. The van der Waals surface area contributed by atoms with E-state index in [1.807, 2.05) is 29.3 Å². The second kappa shape index (κ2) is 8.18. The Morgan fingerprint density at radius 3 is 3.07 bits per heavy atom. The minimum atomic E-state index is -0.313. The molecule has 4 rings (SSSR count). The van der Waals surface area contributed by atoms with Crippen LogP contribution in [0.2, 0.25) is 0 Å². The number of rotatable bonds is 6. The third-order valence-corrected chi connectivity index (χ3v) is 4.77. The zero-order chi connectivity index (χ0) is 19.3. The molecule has 8 nitrogen and oxygen atoms in total. The van der Waals surface area contributed by atoms with Crippen LogP contribution in [0.5, 0.6) is 0 Å². The molecular formula is C20H22N6O2. The maximum atomic E-state index is 12.5. The van der Waals surface area contributed by atoms with Crippen LogP contribution in [0.25, 0.3) is 11.4 Å². The first-order valence-electron chi connectivity index (χ1n) is 9.31. The van der Waals surface area contributed by atoms with Gasteiger partial charge in [-0.3, -0.25) is 9.89 Å². The second-order valence-corrected chi connectivity index (χ2v) is 6.82. The molecule has 3 aromatic rings. The molecule has 1 fully saturated rings. The second-order valence-electron chi connectivity index (χ2n) is 6.82. The van der Waals surface area contributed by atoms with Gasteiger partial charge in [-0.15, -0.1) is 0 Å². The molecule has 1 aliphatic rings. The maximum Gasteiger partial charge on any atom is 0.251 e. The van der Waals surface area contributed by atoms with Gasteiger partial charge in [-0.1, -0.05) is 12.1 Å². The fraction of sp³-hybridized carbons (Fsp3) is 0.300. The Morgan fingerprint density at radius 2 is 2.29 bits per heavy atom. The lowest BCUT2D eigenvalue weighted by molar-refractivity contribution is 0.0954. The number of hydrogen-bond acceptors (Lipinski definition) is 6. The predicted molar refractivity (Wildman–Crippen MR) is 105 cm³/mol. The summed E-state index contributed by atoms with van der Waals surface area (Å²) < 4.78 is 0. The Bertz CT molecular complexity index is 943. The number of nitrogens with zero attached hydrogens (tertiary/aromatic N) is 4. The SMILES string of the molecule is O=C(NCCc1cn[nH]c1)c1cccc(-c2nccc(N3CC[C@H](O)C3)n2)c1. The number of amides is 1. The largest absolute Gasteiger partial charge is 0.391 e. The average Bonchev–Trinajstić information content (AvgIpc) is 3.40. The number of aromatic nitrogens is 4. The van der Waals surface area contributed by atoms with E-state index >= 15 is 0 Å². The van der Waals surface area contributed by atoms with Crippen molar-refractivity contribution in [3.63, 3.8) is 0 Å². The van der Waals surface area contributed by atoms with Gasteiger partial charge >= 0.3 is 0 Å². The number of aliphatic hydroxyl groups is 1. The van der Waals surface area contributed by atoms with Crippen LogP contribution in [0, 0.1) is 0 Å². The van der Waals surface area contributed by atoms with Crippen LogP contribution in [-0.4, -0.2) is 56.9 Å². The molecule has 3 N–H and O–H groups in total. The summed E-state index contributed by atoms with van der Waals surface area (Å²) in [6.45, 7) is 1.89. The predicted octanol–water partition coefficient (Wildman–Crippen LogP) is 1.41. The van der Waals surface area contributed by atoms with E-state index in [9.17, 15) is 9.90 Å². The number of aliphatic hydroxyl groups excluding tert-OH is 1. The van der Waals surface area contributed by atoms with E-state index < -0.39 is 0 Å². The summed E-state index contributed by atoms with van der Waals surface area (Å²) in [6, 6.07) is 9.13. The van der Waals surface area contributed by atoms with Gasteiger partial charge < -0.3 is 15.3 Å². The molecule has 1 saturated heterocycles. The lowest BCUT2D eigenvalue weighted by atomic mass is 10.1. The van der Waals surface area contributed by atoms with Crippen LogP contribution >= 0.6 is 0 Å². The number of anilines is 1. The van der Waals surface area contributed by atoms with Crippen molar-refractivity contribution < 1.29 is 9.90 Å². The van der Waals surface area contributed by atoms with E-state index in [2.05, 4.69) is 25.5 Å². The van der Waals surface area contributed by atoms with Crippen LogP contribution in [-0.2, 0) is 6.42 Å². The van der Waals surface area contributed by atoms with Crippen molar-refractivity contribution in [2.45, 2.75) is 18.9 Å². The number of carbonyl (C=O) groups excluding carboxylic acids is 1. The third-order valence-electron chi connectivity index (χ3n) is 4.77. The van der Waals surface area contributed by atoms with Crippen molar-refractivity contribution in [1.29, 1.82) is 0 Å². The van der Waals surface area contributed by atoms with Gasteiger partial charge in [0.15, 0.2) is 5.82 Å². The Labute approximate surface area is 162 Å². The molecule has 2 aromatic heterocycles. The lowest BCUT2D eigenvalue weighted by Gasteiger charge is -2.16. The Morgan fingerprint density at radius 1 is 1.36 bits per heavy atom. The molecule has 1 amide bonds. The van der Waals surface area contributed by atoms with Gasteiger partial charge in [0, 0.05) is 43.2 Å². The highest BCUT2D eigenvalue weighted by atomic mass is 16.3. The summed E-state index contributed by atoms with van der Waals surface area (Å²) in [5.74, 6) is 1.22. The lowest BCUT2D eigenvalue weighted by Crippen LogP contribution is -2.25. The summed E-state index contributed by atoms with van der Waals surface area (Å²) >= 11 is 0. The van der Waals surface area contributed by atoms with Crippen LogP contribution in [0.1, 0.15) is 22.3 Å². The maximum absolute atomic E-state index is 12.5. The standard InChI is InChI=1S/C20H22N6O2/c27-17-6-9-26(13-17)18-5-8-21-19(25-18)15-2-1-3-16(10-15)20(28)22-7-4-14-11-23-24-12-14/h1-3,5,8,10-12,17,27H,4,6-7,9,13H2,(H,22,28)(H,23,24)/t17-/m0/s1. The fourth-order valence-corrected chi connectivity index (χ4v) is 3.25. The van der Waals surface area contributed by atoms with Crippen LogP contribution < -0.4 is 10.2 Å². The van der Waals surface area contributed by atoms with Crippen LogP contribution in [0.4, 0.5) is 5.82 Å². The summed E-state index contributed by atoms with van der Waals surface area (Å²) in [7, 11) is 0. The van der Waals surface area contributed by atoms with Gasteiger partial charge in [-0.25, -0.2) is 9.97 Å². The molecule has 28 heavy (non-hydrogen) atoms. The fourth-order valence-electron chi connectivity index (χ4n) is 3.25. The van der Waals surface area contributed by atoms with Crippen molar-refractivity contribution in [3.05, 3.63) is 60.0 Å². The highest BCUT2D eigenvalue weighted by molar-refractivity contribution is 5.95. The van der Waals surface area contributed by atoms with Crippen LogP contribution in [0.15, 0.2) is 48.9 Å². The molecule has 0 unspecified atom stereocenters. The number of nitrogens with one attached hydrogen (secondary N) is 2. The Kier molecular flexibility index (Phi) is 5.29. The molecule has 0 saturated carbocycles. The first kappa shape index (κ1) is 18.1. The zero-order valence-corrected chi connectivity index (χ0v) is 15.4. The smallest absolute Gasteiger partial charge is 0.251 e. The highest BCUT2D eigenvalue weighted by Gasteiger charge is 2.21. The number of H-pyrrole nitrogens is 1. The van der Waals surface area contributed by atoms with E-state index in [1.165, 1.54) is 0 Å². The number of β-amino-alcohol motifs (C(OH)–C–C–N with tert-alkyl or cyclic N) is 1. The van der Waals surface area contributed by atoms with E-state index in [1.54, 1.807) is 24.5 Å². The molecule has 1 aromatic carbocycles. The molecule has 1 atom stereocenters. The minimum Gasteiger partial charge on any atom is -0.391 e. The van der Waals surface area contributed by atoms with Gasteiger partial charge in [-0.2, -0.15) is 5.10 Å². The molecule has 8 heteroatoms. The van der Waals surface area contributed by atoms with Crippen molar-refractivity contribution >= 4 is 11.7 Å². The molecule has 0 spiro atoms. The van der Waals surface area contributed by atoms with E-state index in [0.29, 0.717) is 24.5 Å². The normalized spacial score (nSPS) is 16.3. The minimum absolute atomic E-state index is 0.135. The first-order chi connectivity index (χ1) is 13.7. The first-order valence-corrected chi connectivity index (χ1v) is 9.31. The van der Waals surface area contributed by atoms with E-state index in [-0.39, 0.29) is 12.0 Å². The zero-order valence-electron chi connectivity index (χ0n) is 15.4. The topological polar surface area (TPSA) is 107 Å². The number of benzene rings is 1. The van der Waals surface area contributed by atoms with Gasteiger partial charge in [0.25, 0.3) is 5.91 Å². The monoisotopic (exact) mass is 378 g/mol. The van der Waals surface area contributed by atoms with Gasteiger partial charge in [0.1, 0.15) is 5.82 Å². The average molecular weight is 378 g/mol. The van der Waals surface area contributed by atoms with Crippen molar-refractivity contribution in [1.82, 2.24) is 25.5 Å². The van der Waals surface area contributed by atoms with Crippen molar-refractivity contribution in [2.24, 2.45) is 0 Å². The van der Waals surface area contributed by atoms with Gasteiger partial charge in [0.2, 0.25) is 0 Å². The highest BCUT2D eigenvalue weighted by Crippen LogP contribution is 2.22. The van der Waals surface area contributed by atoms with Crippen molar-refractivity contribution in [3.8, 4) is 11.4 Å². The number of hydrogen-bond donors (Lipinski definition) is 3. The molecule has 1 aliphatic heterocycles. The molecule has 0 aliphatic carbocycles. The molecule has 0 radical (unpaired) electrons. The summed E-state index contributed by atoms with van der Waals surface area (Å²) in [5, 5.41) is 19.3. The van der Waals surface area contributed by atoms with E-state index in [0.717, 1.165) is 36.3 Å². The Balaban J connectivity index is 1.45. The van der Waals surface area contributed by atoms with Crippen LogP contribution in [0.3, 0.4) is 0 Å². The summed E-state index contributed by atoms with van der Waals surface area (Å²) in [5.41, 5.74) is 2.39. The van der Waals surface area contributed by atoms with Gasteiger partial charge in [0.05, 0.1) is 12.3 Å². The summed E-state index contributed by atoms with van der Waals surface area (Å²) in [6.07, 6.45) is 6.42. The number of carbonyl (C=O) groups is 1. The molecule has 3 heterocycles. The summed E-state index contributed by atoms with van der Waals surface area (Å²) in [4.78, 5) is 23.5. The third kappa shape index (κ3) is 4.17. The number of aromatic amines is 1. The van der Waals surface area contributed by atoms with Crippen molar-refractivity contribution in [2.75, 3.05) is 24.5 Å².